The van der Waals surface area contributed by atoms with Crippen LogP contribution in [0.2, 0.25) is 0 Å². The van der Waals surface area contributed by atoms with Crippen molar-refractivity contribution in [1.29, 1.82) is 5.26 Å². The van der Waals surface area contributed by atoms with Gasteiger partial charge in [0.1, 0.15) is 6.54 Å². The zero-order chi connectivity index (χ0) is 10.8. The van der Waals surface area contributed by atoms with Gasteiger partial charge in [0.2, 0.25) is 0 Å². The molecule has 0 radical (unpaired) electrons. The number of hydrogen-bond donors (Lipinski definition) is 2. The Morgan fingerprint density at radius 2 is 2.40 bits per heavy atom. The summed E-state index contributed by atoms with van der Waals surface area (Å²) in [4.78, 5) is 10.1. The Morgan fingerprint density at radius 1 is 1.60 bits per heavy atom. The van der Waals surface area contributed by atoms with Crippen molar-refractivity contribution >= 4 is 17.1 Å². The number of nitriles is 1. The number of non-ortho nitro benzene ring substituents is 1. The largest absolute Gasteiger partial charge is 0.302 e. The number of nitrogens with zero attached hydrogens (tertiary/aromatic N) is 3. The Labute approximate surface area is 85.0 Å². The third kappa shape index (κ3) is 1.53. The van der Waals surface area contributed by atoms with Crippen LogP contribution in [0.3, 0.4) is 0 Å². The maximum atomic E-state index is 10.5. The van der Waals surface area contributed by atoms with Gasteiger partial charge in [0.15, 0.2) is 0 Å². The highest BCUT2D eigenvalue weighted by Gasteiger charge is 2.20. The predicted octanol–water partition coefficient (Wildman–Crippen LogP) is 0.770. The first-order valence-corrected chi connectivity index (χ1v) is 4.17. The lowest BCUT2D eigenvalue weighted by molar-refractivity contribution is -0.384. The first kappa shape index (κ1) is 9.23. The van der Waals surface area contributed by atoms with Crippen molar-refractivity contribution in [3.63, 3.8) is 0 Å². The van der Waals surface area contributed by atoms with Gasteiger partial charge in [-0.1, -0.05) is 0 Å². The molecule has 0 aromatic heterocycles. The van der Waals surface area contributed by atoms with Crippen LogP contribution < -0.4 is 16.0 Å². The summed E-state index contributed by atoms with van der Waals surface area (Å²) in [5, 5.41) is 20.6. The molecule has 0 fully saturated rings. The zero-order valence-electron chi connectivity index (χ0n) is 7.60. The fourth-order valence-corrected chi connectivity index (χ4v) is 1.35. The molecule has 1 heterocycles. The summed E-state index contributed by atoms with van der Waals surface area (Å²) < 4.78 is 0. The summed E-state index contributed by atoms with van der Waals surface area (Å²) in [5.41, 5.74) is 6.85. The number of nitrogens with one attached hydrogen (secondary N) is 2. The van der Waals surface area contributed by atoms with E-state index in [4.69, 9.17) is 5.26 Å². The smallest absolute Gasteiger partial charge is 0.271 e. The van der Waals surface area contributed by atoms with Crippen molar-refractivity contribution in [3.8, 4) is 6.07 Å². The molecule has 1 aliphatic heterocycles. The summed E-state index contributed by atoms with van der Waals surface area (Å²) in [7, 11) is 0. The fraction of sp³-hybridized carbons (Fsp3) is 0.125. The molecule has 1 aliphatic rings. The van der Waals surface area contributed by atoms with Gasteiger partial charge < -0.3 is 5.43 Å². The number of hydrazine groups is 2. The molecular formula is C8H7N5O2. The van der Waals surface area contributed by atoms with Crippen LogP contribution in [-0.2, 0) is 0 Å². The number of anilines is 2. The molecule has 0 spiro atoms. The van der Waals surface area contributed by atoms with Gasteiger partial charge in [-0.15, -0.1) is 5.53 Å². The molecule has 76 valence electrons. The SMILES string of the molecule is N#CCN1NNc2ccc([N+](=O)[O-])cc21. The van der Waals surface area contributed by atoms with Crippen LogP contribution in [-0.4, -0.2) is 11.5 Å². The van der Waals surface area contributed by atoms with Gasteiger partial charge in [0.05, 0.1) is 22.4 Å². The first-order valence-electron chi connectivity index (χ1n) is 4.17. The van der Waals surface area contributed by atoms with Gasteiger partial charge in [0.25, 0.3) is 5.69 Å². The molecule has 0 amide bonds. The van der Waals surface area contributed by atoms with Gasteiger partial charge in [0, 0.05) is 12.1 Å². The average Bonchev–Trinajstić information content (AvgIpc) is 2.61. The second-order valence-corrected chi connectivity index (χ2v) is 2.94. The van der Waals surface area contributed by atoms with E-state index in [9.17, 15) is 10.1 Å². The Kier molecular flexibility index (Phi) is 2.11. The van der Waals surface area contributed by atoms with Crippen molar-refractivity contribution in [2.75, 3.05) is 17.0 Å². The van der Waals surface area contributed by atoms with Crippen LogP contribution >= 0.6 is 0 Å². The van der Waals surface area contributed by atoms with E-state index in [1.807, 2.05) is 6.07 Å². The van der Waals surface area contributed by atoms with E-state index < -0.39 is 4.92 Å². The van der Waals surface area contributed by atoms with Crippen molar-refractivity contribution in [1.82, 2.24) is 5.53 Å². The van der Waals surface area contributed by atoms with Crippen LogP contribution in [0.1, 0.15) is 0 Å². The molecule has 1 aromatic rings. The normalized spacial score (nSPS) is 12.9. The van der Waals surface area contributed by atoms with E-state index in [-0.39, 0.29) is 12.2 Å². The lowest BCUT2D eigenvalue weighted by atomic mass is 10.2. The standard InChI is InChI=1S/C8H7N5O2/c9-3-4-12-8-5-6(13(14)15)1-2-7(8)10-11-12/h1-2,5,10-11H,4H2. The maximum Gasteiger partial charge on any atom is 0.271 e. The first-order chi connectivity index (χ1) is 7.22. The number of hydrogen-bond acceptors (Lipinski definition) is 6. The number of nitro benzene ring substituents is 1. The molecule has 0 saturated heterocycles. The molecule has 0 saturated carbocycles. The van der Waals surface area contributed by atoms with Crippen LogP contribution in [0.5, 0.6) is 0 Å². The molecule has 0 aliphatic carbocycles. The van der Waals surface area contributed by atoms with E-state index >= 15 is 0 Å². The third-order valence-electron chi connectivity index (χ3n) is 2.04. The van der Waals surface area contributed by atoms with E-state index in [0.717, 1.165) is 5.69 Å². The molecule has 2 N–H and O–H groups in total. The minimum Gasteiger partial charge on any atom is -0.302 e. The minimum atomic E-state index is -0.469. The minimum absolute atomic E-state index is 0.00203. The quantitative estimate of drug-likeness (QED) is 0.420. The molecule has 7 nitrogen and oxygen atoms in total. The molecule has 7 heteroatoms. The van der Waals surface area contributed by atoms with Crippen LogP contribution in [0, 0.1) is 21.4 Å². The van der Waals surface area contributed by atoms with Gasteiger partial charge in [-0.2, -0.15) is 5.26 Å². The Balaban J connectivity index is 2.38. The molecule has 2 rings (SSSR count). The third-order valence-corrected chi connectivity index (χ3v) is 2.04. The molecule has 0 unspecified atom stereocenters. The number of benzene rings is 1. The fourth-order valence-electron chi connectivity index (χ4n) is 1.35. The molecule has 0 bridgehead atoms. The Bertz CT molecular complexity index is 453. The van der Waals surface area contributed by atoms with E-state index in [1.165, 1.54) is 17.1 Å². The highest BCUT2D eigenvalue weighted by Crippen LogP contribution is 2.32. The highest BCUT2D eigenvalue weighted by molar-refractivity contribution is 5.75. The molecule has 1 aromatic carbocycles. The van der Waals surface area contributed by atoms with Crippen molar-refractivity contribution in [2.24, 2.45) is 0 Å². The number of fused-ring (bicyclic) bond motifs is 1. The van der Waals surface area contributed by atoms with Crippen LogP contribution in [0.4, 0.5) is 17.1 Å². The lowest BCUT2D eigenvalue weighted by Crippen LogP contribution is -2.36. The van der Waals surface area contributed by atoms with Crippen LogP contribution in [0.25, 0.3) is 0 Å². The number of rotatable bonds is 2. The lowest BCUT2D eigenvalue weighted by Gasteiger charge is -2.12. The topological polar surface area (TPSA) is 94.2 Å². The summed E-state index contributed by atoms with van der Waals surface area (Å²) in [6.45, 7) is 0.112. The second-order valence-electron chi connectivity index (χ2n) is 2.94. The number of nitro groups is 1. The summed E-state index contributed by atoms with van der Waals surface area (Å²) in [6.07, 6.45) is 0. The van der Waals surface area contributed by atoms with Gasteiger partial charge >= 0.3 is 0 Å². The molecule has 0 atom stereocenters. The Morgan fingerprint density at radius 3 is 3.07 bits per heavy atom. The average molecular weight is 205 g/mol. The van der Waals surface area contributed by atoms with E-state index in [0.29, 0.717) is 5.69 Å². The maximum absolute atomic E-state index is 10.5. The summed E-state index contributed by atoms with van der Waals surface area (Å²) >= 11 is 0. The predicted molar refractivity (Wildman–Crippen MR) is 52.8 cm³/mol. The molecule has 15 heavy (non-hydrogen) atoms. The van der Waals surface area contributed by atoms with Crippen molar-refractivity contribution in [3.05, 3.63) is 28.3 Å². The van der Waals surface area contributed by atoms with Gasteiger partial charge in [-0.05, 0) is 6.07 Å². The highest BCUT2D eigenvalue weighted by atomic mass is 16.6. The van der Waals surface area contributed by atoms with Gasteiger partial charge in [-0.3, -0.25) is 15.1 Å². The Hall–Kier alpha value is -2.33. The van der Waals surface area contributed by atoms with E-state index in [1.54, 1.807) is 6.07 Å². The molecular weight excluding hydrogens is 198 g/mol. The van der Waals surface area contributed by atoms with Crippen molar-refractivity contribution < 1.29 is 4.92 Å². The van der Waals surface area contributed by atoms with Crippen LogP contribution in [0.15, 0.2) is 18.2 Å². The second kappa shape index (κ2) is 3.43. The van der Waals surface area contributed by atoms with Crippen molar-refractivity contribution in [2.45, 2.75) is 0 Å². The zero-order valence-corrected chi connectivity index (χ0v) is 7.60. The van der Waals surface area contributed by atoms with E-state index in [2.05, 4.69) is 11.0 Å². The summed E-state index contributed by atoms with van der Waals surface area (Å²) in [5.74, 6) is 0. The summed E-state index contributed by atoms with van der Waals surface area (Å²) in [6, 6.07) is 6.37. The monoisotopic (exact) mass is 205 g/mol. The van der Waals surface area contributed by atoms with Gasteiger partial charge in [-0.25, -0.2) is 0 Å².